The van der Waals surface area contributed by atoms with Crippen molar-refractivity contribution < 1.29 is 0 Å². The predicted molar refractivity (Wildman–Crippen MR) is 76.0 cm³/mol. The summed E-state index contributed by atoms with van der Waals surface area (Å²) in [6.45, 7) is 4.50. The van der Waals surface area contributed by atoms with Gasteiger partial charge in [0.2, 0.25) is 0 Å². The second-order valence-electron chi connectivity index (χ2n) is 5.66. The van der Waals surface area contributed by atoms with Crippen molar-refractivity contribution in [1.82, 2.24) is 9.97 Å². The number of nitrogens with zero attached hydrogens (tertiary/aromatic N) is 2. The van der Waals surface area contributed by atoms with Crippen LogP contribution in [0.2, 0.25) is 0 Å². The molecule has 1 N–H and O–H groups in total. The zero-order valence-corrected chi connectivity index (χ0v) is 11.9. The van der Waals surface area contributed by atoms with E-state index in [1.54, 1.807) is 0 Å². The Morgan fingerprint density at radius 3 is 2.61 bits per heavy atom. The van der Waals surface area contributed by atoms with Crippen molar-refractivity contribution >= 4 is 5.82 Å². The van der Waals surface area contributed by atoms with Crippen molar-refractivity contribution in [3.63, 3.8) is 0 Å². The van der Waals surface area contributed by atoms with Crippen LogP contribution in [0.15, 0.2) is 0 Å². The van der Waals surface area contributed by atoms with E-state index < -0.39 is 0 Å². The maximum Gasteiger partial charge on any atom is 0.132 e. The van der Waals surface area contributed by atoms with Crippen molar-refractivity contribution in [2.75, 3.05) is 12.4 Å². The number of rotatable bonds is 4. The molecule has 18 heavy (non-hydrogen) atoms. The summed E-state index contributed by atoms with van der Waals surface area (Å²) in [5, 5.41) is 3.26. The van der Waals surface area contributed by atoms with Gasteiger partial charge in [0.15, 0.2) is 0 Å². The van der Waals surface area contributed by atoms with Crippen LogP contribution in [0.1, 0.15) is 56.6 Å². The van der Waals surface area contributed by atoms with E-state index >= 15 is 0 Å². The Morgan fingerprint density at radius 2 is 1.89 bits per heavy atom. The molecule has 1 aromatic rings. The summed E-state index contributed by atoms with van der Waals surface area (Å²) in [5.74, 6) is 2.81. The zero-order chi connectivity index (χ0) is 13.0. The van der Waals surface area contributed by atoms with Gasteiger partial charge in [0.1, 0.15) is 11.6 Å². The summed E-state index contributed by atoms with van der Waals surface area (Å²) in [5.41, 5.74) is 2.66. The van der Waals surface area contributed by atoms with Gasteiger partial charge in [-0.15, -0.1) is 0 Å². The summed E-state index contributed by atoms with van der Waals surface area (Å²) >= 11 is 0. The molecule has 0 atom stereocenters. The minimum atomic E-state index is 0.713. The summed E-state index contributed by atoms with van der Waals surface area (Å²) in [4.78, 5) is 9.50. The van der Waals surface area contributed by atoms with Crippen molar-refractivity contribution in [3.05, 3.63) is 17.1 Å². The van der Waals surface area contributed by atoms with Gasteiger partial charge in [-0.3, -0.25) is 0 Å². The fourth-order valence-electron chi connectivity index (χ4n) is 2.56. The lowest BCUT2D eigenvalue weighted by molar-refractivity contribution is 0.573. The minimum Gasteiger partial charge on any atom is -0.373 e. The Morgan fingerprint density at radius 1 is 1.11 bits per heavy atom. The molecule has 0 saturated carbocycles. The molecule has 2 rings (SSSR count). The summed E-state index contributed by atoms with van der Waals surface area (Å²) < 4.78 is 0. The van der Waals surface area contributed by atoms with E-state index in [-0.39, 0.29) is 0 Å². The Balaban J connectivity index is 2.25. The van der Waals surface area contributed by atoms with Crippen LogP contribution in [-0.4, -0.2) is 17.0 Å². The molecule has 100 valence electrons. The molecule has 0 saturated heterocycles. The Kier molecular flexibility index (Phi) is 4.56. The third-order valence-corrected chi connectivity index (χ3v) is 3.66. The average Bonchev–Trinajstić information content (AvgIpc) is 2.60. The largest absolute Gasteiger partial charge is 0.373 e. The zero-order valence-electron chi connectivity index (χ0n) is 11.9. The maximum absolute atomic E-state index is 4.80. The van der Waals surface area contributed by atoms with Gasteiger partial charge in [0, 0.05) is 24.7 Å². The van der Waals surface area contributed by atoms with Gasteiger partial charge in [-0.05, 0) is 38.0 Å². The molecule has 1 aliphatic carbocycles. The number of anilines is 1. The molecule has 0 radical (unpaired) electrons. The van der Waals surface area contributed by atoms with Crippen LogP contribution < -0.4 is 5.32 Å². The number of hydrogen-bond acceptors (Lipinski definition) is 3. The molecule has 0 aromatic carbocycles. The number of fused-ring (bicyclic) bond motifs is 1. The normalized spacial score (nSPS) is 15.3. The highest BCUT2D eigenvalue weighted by molar-refractivity contribution is 5.46. The molecule has 1 aromatic heterocycles. The van der Waals surface area contributed by atoms with Crippen LogP contribution in [-0.2, 0) is 19.3 Å². The van der Waals surface area contributed by atoms with E-state index in [2.05, 4.69) is 19.2 Å². The molecule has 1 heterocycles. The fraction of sp³-hybridized carbons (Fsp3) is 0.733. The van der Waals surface area contributed by atoms with Crippen LogP contribution in [0.3, 0.4) is 0 Å². The fourth-order valence-corrected chi connectivity index (χ4v) is 2.56. The van der Waals surface area contributed by atoms with E-state index in [0.29, 0.717) is 5.92 Å². The predicted octanol–water partition coefficient (Wildman–Crippen LogP) is 3.38. The molecule has 1 aliphatic rings. The summed E-state index contributed by atoms with van der Waals surface area (Å²) in [6.07, 6.45) is 8.30. The topological polar surface area (TPSA) is 37.8 Å². The van der Waals surface area contributed by atoms with E-state index in [4.69, 9.17) is 9.97 Å². The van der Waals surface area contributed by atoms with Gasteiger partial charge < -0.3 is 5.32 Å². The molecule has 0 fully saturated rings. The third-order valence-electron chi connectivity index (χ3n) is 3.66. The van der Waals surface area contributed by atoms with Crippen molar-refractivity contribution in [2.45, 2.75) is 58.8 Å². The highest BCUT2D eigenvalue weighted by Crippen LogP contribution is 2.25. The lowest BCUT2D eigenvalue weighted by atomic mass is 10.1. The number of hydrogen-bond donors (Lipinski definition) is 1. The maximum atomic E-state index is 4.80. The third kappa shape index (κ3) is 3.21. The first-order chi connectivity index (χ1) is 8.70. The summed E-state index contributed by atoms with van der Waals surface area (Å²) in [6, 6.07) is 0. The number of aryl methyl sites for hydroxylation is 2. The Bertz CT molecular complexity index is 399. The van der Waals surface area contributed by atoms with Crippen LogP contribution >= 0.6 is 0 Å². The van der Waals surface area contributed by atoms with Crippen LogP contribution in [0.4, 0.5) is 5.82 Å². The van der Waals surface area contributed by atoms with Gasteiger partial charge in [0.25, 0.3) is 0 Å². The highest BCUT2D eigenvalue weighted by Gasteiger charge is 2.16. The monoisotopic (exact) mass is 247 g/mol. The van der Waals surface area contributed by atoms with Crippen LogP contribution in [0.5, 0.6) is 0 Å². The first-order valence-corrected chi connectivity index (χ1v) is 7.27. The first kappa shape index (κ1) is 13.3. The average molecular weight is 247 g/mol. The van der Waals surface area contributed by atoms with Gasteiger partial charge in [-0.25, -0.2) is 9.97 Å². The molecule has 0 amide bonds. The molecule has 0 unspecified atom stereocenters. The van der Waals surface area contributed by atoms with Crippen molar-refractivity contribution in [3.8, 4) is 0 Å². The molecule has 3 heteroatoms. The smallest absolute Gasteiger partial charge is 0.132 e. The van der Waals surface area contributed by atoms with Gasteiger partial charge in [-0.2, -0.15) is 0 Å². The van der Waals surface area contributed by atoms with E-state index in [0.717, 1.165) is 30.9 Å². The van der Waals surface area contributed by atoms with E-state index in [1.807, 2.05) is 7.05 Å². The Hall–Kier alpha value is -1.12. The molecule has 0 spiro atoms. The molecule has 0 bridgehead atoms. The van der Waals surface area contributed by atoms with E-state index in [9.17, 15) is 0 Å². The van der Waals surface area contributed by atoms with Gasteiger partial charge >= 0.3 is 0 Å². The van der Waals surface area contributed by atoms with Gasteiger partial charge in [0.05, 0.1) is 0 Å². The molecule has 0 aliphatic heterocycles. The standard InChI is InChI=1S/C15H25N3/c1-11(2)9-10-14-17-13-8-6-4-5-7-12(13)15(16-3)18-14/h11H,4-10H2,1-3H3,(H,16,17,18). The second kappa shape index (κ2) is 6.17. The van der Waals surface area contributed by atoms with Crippen molar-refractivity contribution in [2.24, 2.45) is 5.92 Å². The Labute approximate surface area is 110 Å². The molecule has 3 nitrogen and oxygen atoms in total. The molecular weight excluding hydrogens is 222 g/mol. The lowest BCUT2D eigenvalue weighted by Gasteiger charge is -2.13. The molecular formula is C15H25N3. The van der Waals surface area contributed by atoms with Crippen LogP contribution in [0, 0.1) is 5.92 Å². The first-order valence-electron chi connectivity index (χ1n) is 7.27. The minimum absolute atomic E-state index is 0.713. The number of nitrogens with one attached hydrogen (secondary N) is 1. The summed E-state index contributed by atoms with van der Waals surface area (Å²) in [7, 11) is 1.97. The second-order valence-corrected chi connectivity index (χ2v) is 5.66. The van der Waals surface area contributed by atoms with Crippen molar-refractivity contribution in [1.29, 1.82) is 0 Å². The SMILES string of the molecule is CNc1nc(CCC(C)C)nc2c1CCCCC2. The van der Waals surface area contributed by atoms with Gasteiger partial charge in [-0.1, -0.05) is 20.3 Å². The number of aromatic nitrogens is 2. The highest BCUT2D eigenvalue weighted by atomic mass is 15.0. The van der Waals surface area contributed by atoms with Crippen LogP contribution in [0.25, 0.3) is 0 Å². The lowest BCUT2D eigenvalue weighted by Crippen LogP contribution is -2.09. The van der Waals surface area contributed by atoms with E-state index in [1.165, 1.54) is 36.9 Å². The quantitative estimate of drug-likeness (QED) is 0.829.